The van der Waals surface area contributed by atoms with Crippen molar-refractivity contribution in [3.8, 4) is 6.07 Å². The molecule has 2 aromatic carbocycles. The van der Waals surface area contributed by atoms with Crippen LogP contribution in [0, 0.1) is 11.3 Å². The number of hydrogen-bond acceptors (Lipinski definition) is 5. The second kappa shape index (κ2) is 6.92. The summed E-state index contributed by atoms with van der Waals surface area (Å²) in [6, 6.07) is 13.9. The van der Waals surface area contributed by atoms with E-state index in [0.29, 0.717) is 54.0 Å². The standard InChI is InChI=1S/C20H16N4O3/c21-12-14-2-1-3-15(10-14)19(25)23-6-8-24(9-7-23)20(26)16-4-5-18-17(11-16)22-13-27-18/h1-5,10-11,13H,6-9H2. The van der Waals surface area contributed by atoms with Crippen LogP contribution in [-0.2, 0) is 0 Å². The zero-order valence-corrected chi connectivity index (χ0v) is 14.5. The van der Waals surface area contributed by atoms with Crippen LogP contribution in [0.2, 0.25) is 0 Å². The number of amides is 2. The zero-order valence-electron chi connectivity index (χ0n) is 14.5. The molecule has 0 bridgehead atoms. The van der Waals surface area contributed by atoms with Gasteiger partial charge in [0.2, 0.25) is 0 Å². The van der Waals surface area contributed by atoms with E-state index in [1.54, 1.807) is 52.3 Å². The summed E-state index contributed by atoms with van der Waals surface area (Å²) in [4.78, 5) is 32.9. The molecule has 7 heteroatoms. The molecule has 0 N–H and O–H groups in total. The molecule has 0 saturated carbocycles. The normalized spacial score (nSPS) is 14.2. The van der Waals surface area contributed by atoms with Crippen LogP contribution < -0.4 is 0 Å². The van der Waals surface area contributed by atoms with Crippen LogP contribution in [0.3, 0.4) is 0 Å². The minimum Gasteiger partial charge on any atom is -0.443 e. The molecule has 0 radical (unpaired) electrons. The van der Waals surface area contributed by atoms with Crippen molar-refractivity contribution in [1.29, 1.82) is 5.26 Å². The number of rotatable bonds is 2. The fourth-order valence-electron chi connectivity index (χ4n) is 3.19. The Hall–Kier alpha value is -3.66. The topological polar surface area (TPSA) is 90.4 Å². The maximum atomic E-state index is 12.7. The lowest BCUT2D eigenvalue weighted by atomic mass is 10.1. The molecule has 1 saturated heterocycles. The van der Waals surface area contributed by atoms with Crippen molar-refractivity contribution in [2.75, 3.05) is 26.2 Å². The fraction of sp³-hybridized carbons (Fsp3) is 0.200. The lowest BCUT2D eigenvalue weighted by Crippen LogP contribution is -2.50. The van der Waals surface area contributed by atoms with E-state index >= 15 is 0 Å². The molecule has 3 aromatic rings. The highest BCUT2D eigenvalue weighted by Gasteiger charge is 2.26. The number of fused-ring (bicyclic) bond motifs is 1. The molecule has 7 nitrogen and oxygen atoms in total. The minimum atomic E-state index is -0.122. The summed E-state index contributed by atoms with van der Waals surface area (Å²) in [5.41, 5.74) is 2.79. The van der Waals surface area contributed by atoms with Gasteiger partial charge in [0.1, 0.15) is 5.52 Å². The summed E-state index contributed by atoms with van der Waals surface area (Å²) in [7, 11) is 0. The van der Waals surface area contributed by atoms with Crippen LogP contribution in [-0.4, -0.2) is 52.8 Å². The molecule has 1 aromatic heterocycles. The van der Waals surface area contributed by atoms with Gasteiger partial charge in [0.25, 0.3) is 11.8 Å². The van der Waals surface area contributed by atoms with Crippen molar-refractivity contribution in [2.24, 2.45) is 0 Å². The van der Waals surface area contributed by atoms with E-state index in [9.17, 15) is 9.59 Å². The van der Waals surface area contributed by atoms with E-state index in [0.717, 1.165) is 0 Å². The zero-order chi connectivity index (χ0) is 18.8. The van der Waals surface area contributed by atoms with Gasteiger partial charge in [0.05, 0.1) is 11.6 Å². The van der Waals surface area contributed by atoms with Crippen molar-refractivity contribution >= 4 is 22.9 Å². The van der Waals surface area contributed by atoms with Gasteiger partial charge in [-0.25, -0.2) is 4.98 Å². The first-order valence-electron chi connectivity index (χ1n) is 8.58. The third-order valence-corrected chi connectivity index (χ3v) is 4.67. The number of nitriles is 1. The highest BCUT2D eigenvalue weighted by Crippen LogP contribution is 2.17. The van der Waals surface area contributed by atoms with Gasteiger partial charge >= 0.3 is 0 Å². The monoisotopic (exact) mass is 360 g/mol. The minimum absolute atomic E-state index is 0.0847. The van der Waals surface area contributed by atoms with E-state index in [-0.39, 0.29) is 11.8 Å². The van der Waals surface area contributed by atoms with Gasteiger partial charge in [-0.2, -0.15) is 5.26 Å². The third kappa shape index (κ3) is 3.25. The van der Waals surface area contributed by atoms with Gasteiger partial charge in [-0.1, -0.05) is 6.07 Å². The van der Waals surface area contributed by atoms with Crippen molar-refractivity contribution in [3.63, 3.8) is 0 Å². The van der Waals surface area contributed by atoms with Gasteiger partial charge in [-0.15, -0.1) is 0 Å². The second-order valence-corrected chi connectivity index (χ2v) is 6.31. The summed E-state index contributed by atoms with van der Waals surface area (Å²) in [5.74, 6) is -0.207. The van der Waals surface area contributed by atoms with Crippen molar-refractivity contribution in [1.82, 2.24) is 14.8 Å². The average molecular weight is 360 g/mol. The van der Waals surface area contributed by atoms with Crippen LogP contribution in [0.15, 0.2) is 53.3 Å². The van der Waals surface area contributed by atoms with Crippen molar-refractivity contribution in [3.05, 3.63) is 65.5 Å². The summed E-state index contributed by atoms with van der Waals surface area (Å²) in [6.45, 7) is 1.82. The number of benzene rings is 2. The Kier molecular flexibility index (Phi) is 4.30. The first kappa shape index (κ1) is 16.8. The summed E-state index contributed by atoms with van der Waals surface area (Å²) in [6.07, 6.45) is 1.35. The molecular formula is C20H16N4O3. The predicted octanol–water partition coefficient (Wildman–Crippen LogP) is 2.30. The van der Waals surface area contributed by atoms with E-state index in [2.05, 4.69) is 4.98 Å². The lowest BCUT2D eigenvalue weighted by molar-refractivity contribution is 0.0535. The molecule has 0 spiro atoms. The largest absolute Gasteiger partial charge is 0.443 e. The first-order chi connectivity index (χ1) is 13.2. The van der Waals surface area contributed by atoms with E-state index < -0.39 is 0 Å². The quantitative estimate of drug-likeness (QED) is 0.699. The van der Waals surface area contributed by atoms with Gasteiger partial charge in [0.15, 0.2) is 12.0 Å². The Morgan fingerprint density at radius 2 is 1.63 bits per heavy atom. The number of oxazole rings is 1. The maximum absolute atomic E-state index is 12.7. The number of carbonyl (C=O) groups excluding carboxylic acids is 2. The highest BCUT2D eigenvalue weighted by molar-refractivity contribution is 5.98. The predicted molar refractivity (Wildman–Crippen MR) is 97.0 cm³/mol. The first-order valence-corrected chi connectivity index (χ1v) is 8.58. The third-order valence-electron chi connectivity index (χ3n) is 4.67. The van der Waals surface area contributed by atoms with E-state index in [1.807, 2.05) is 6.07 Å². The summed E-state index contributed by atoms with van der Waals surface area (Å²) < 4.78 is 5.20. The van der Waals surface area contributed by atoms with Gasteiger partial charge in [-0.05, 0) is 36.4 Å². The van der Waals surface area contributed by atoms with E-state index in [4.69, 9.17) is 9.68 Å². The number of piperazine rings is 1. The summed E-state index contributed by atoms with van der Waals surface area (Å²) in [5, 5.41) is 8.98. The molecule has 0 unspecified atom stereocenters. The van der Waals surface area contributed by atoms with Crippen LogP contribution in [0.5, 0.6) is 0 Å². The SMILES string of the molecule is N#Cc1cccc(C(=O)N2CCN(C(=O)c3ccc4ocnc4c3)CC2)c1. The van der Waals surface area contributed by atoms with Crippen LogP contribution >= 0.6 is 0 Å². The Balaban J connectivity index is 1.42. The molecule has 4 rings (SSSR count). The fourth-order valence-corrected chi connectivity index (χ4v) is 3.19. The molecule has 0 aliphatic carbocycles. The van der Waals surface area contributed by atoms with Crippen LogP contribution in [0.4, 0.5) is 0 Å². The summed E-state index contributed by atoms with van der Waals surface area (Å²) >= 11 is 0. The smallest absolute Gasteiger partial charge is 0.254 e. The number of hydrogen-bond donors (Lipinski definition) is 0. The second-order valence-electron chi connectivity index (χ2n) is 6.31. The Labute approximate surface area is 155 Å². The van der Waals surface area contributed by atoms with Gasteiger partial charge in [0, 0.05) is 37.3 Å². The lowest BCUT2D eigenvalue weighted by Gasteiger charge is -2.34. The van der Waals surface area contributed by atoms with E-state index in [1.165, 1.54) is 6.39 Å². The Bertz CT molecular complexity index is 1060. The molecular weight excluding hydrogens is 344 g/mol. The molecule has 134 valence electrons. The Morgan fingerprint density at radius 3 is 2.30 bits per heavy atom. The Morgan fingerprint density at radius 1 is 0.963 bits per heavy atom. The average Bonchev–Trinajstić information content (AvgIpc) is 3.20. The van der Waals surface area contributed by atoms with Gasteiger partial charge in [-0.3, -0.25) is 9.59 Å². The van der Waals surface area contributed by atoms with Crippen LogP contribution in [0.25, 0.3) is 11.1 Å². The molecule has 1 fully saturated rings. The molecule has 27 heavy (non-hydrogen) atoms. The molecule has 1 aliphatic rings. The van der Waals surface area contributed by atoms with Crippen LogP contribution in [0.1, 0.15) is 26.3 Å². The number of nitrogens with zero attached hydrogens (tertiary/aromatic N) is 4. The van der Waals surface area contributed by atoms with Crippen molar-refractivity contribution in [2.45, 2.75) is 0 Å². The molecule has 1 aliphatic heterocycles. The maximum Gasteiger partial charge on any atom is 0.254 e. The molecule has 0 atom stereocenters. The number of carbonyl (C=O) groups is 2. The number of aromatic nitrogens is 1. The molecule has 2 amide bonds. The highest BCUT2D eigenvalue weighted by atomic mass is 16.3. The van der Waals surface area contributed by atoms with Gasteiger partial charge < -0.3 is 14.2 Å². The van der Waals surface area contributed by atoms with Crippen molar-refractivity contribution < 1.29 is 14.0 Å². The molecule has 2 heterocycles.